The Morgan fingerprint density at radius 2 is 1.84 bits per heavy atom. The molecule has 0 unspecified atom stereocenters. The van der Waals surface area contributed by atoms with Gasteiger partial charge < -0.3 is 9.52 Å². The first-order valence-corrected chi connectivity index (χ1v) is 10.5. The Bertz CT molecular complexity index is 1280. The fraction of sp³-hybridized carbons (Fsp3) is 0.0455. The molecular weight excluding hydrogens is 507 g/mol. The first-order valence-electron chi connectivity index (χ1n) is 8.94. The fourth-order valence-electron chi connectivity index (χ4n) is 3.15. The van der Waals surface area contributed by atoms with Crippen molar-refractivity contribution in [1.82, 2.24) is 0 Å². The molecule has 0 spiro atoms. The maximum absolute atomic E-state index is 12.9. The number of amides is 1. The second-order valence-corrected chi connectivity index (χ2v) is 8.47. The average Bonchev–Trinajstić information content (AvgIpc) is 3.27. The van der Waals surface area contributed by atoms with Crippen LogP contribution in [0.2, 0.25) is 10.0 Å². The van der Waals surface area contributed by atoms with Gasteiger partial charge in [0.15, 0.2) is 0 Å². The van der Waals surface area contributed by atoms with Gasteiger partial charge in [-0.05, 0) is 61.5 Å². The molecule has 1 N–H and O–H groups in total. The minimum Gasteiger partial charge on any atom is -0.478 e. The van der Waals surface area contributed by atoms with Gasteiger partial charge in [0.05, 0.1) is 22.5 Å². The van der Waals surface area contributed by atoms with E-state index >= 15 is 0 Å². The van der Waals surface area contributed by atoms with Crippen LogP contribution >= 0.6 is 39.1 Å². The highest BCUT2D eigenvalue weighted by Gasteiger charge is 2.29. The molecule has 0 radical (unpaired) electrons. The van der Waals surface area contributed by atoms with Crippen molar-refractivity contribution in [3.05, 3.63) is 79.9 Å². The third-order valence-electron chi connectivity index (χ3n) is 4.55. The molecule has 3 aromatic rings. The van der Waals surface area contributed by atoms with E-state index in [1.165, 1.54) is 11.1 Å². The van der Waals surface area contributed by atoms with E-state index in [9.17, 15) is 14.7 Å². The normalized spacial score (nSPS) is 15.0. The number of carbonyl (C=O) groups excluding carboxylic acids is 1. The Morgan fingerprint density at radius 1 is 1.13 bits per heavy atom. The Hall–Kier alpha value is -2.87. The zero-order valence-electron chi connectivity index (χ0n) is 15.9. The SMILES string of the molecule is CC1=NN(c2cc(Cl)cc(Cl)c2)C(=O)/C1=C\c1ccc(-c2ccc(Br)cc2C(=O)O)o1. The van der Waals surface area contributed by atoms with Crippen molar-refractivity contribution in [2.45, 2.75) is 6.92 Å². The van der Waals surface area contributed by atoms with Crippen LogP contribution in [0.3, 0.4) is 0 Å². The fourth-order valence-corrected chi connectivity index (χ4v) is 4.02. The lowest BCUT2D eigenvalue weighted by Crippen LogP contribution is -2.21. The smallest absolute Gasteiger partial charge is 0.336 e. The van der Waals surface area contributed by atoms with Gasteiger partial charge in [-0.1, -0.05) is 39.1 Å². The zero-order valence-corrected chi connectivity index (χ0v) is 19.0. The van der Waals surface area contributed by atoms with E-state index in [-0.39, 0.29) is 11.5 Å². The number of aromatic carboxylic acids is 1. The summed E-state index contributed by atoms with van der Waals surface area (Å²) in [6.07, 6.45) is 1.57. The molecule has 4 rings (SSSR count). The summed E-state index contributed by atoms with van der Waals surface area (Å²) in [7, 11) is 0. The third kappa shape index (κ3) is 4.30. The van der Waals surface area contributed by atoms with E-state index in [2.05, 4.69) is 21.0 Å². The highest BCUT2D eigenvalue weighted by atomic mass is 79.9. The van der Waals surface area contributed by atoms with E-state index in [1.54, 1.807) is 55.5 Å². The number of hydrogen-bond donors (Lipinski definition) is 1. The molecule has 2 heterocycles. The van der Waals surface area contributed by atoms with Crippen LogP contribution in [0.4, 0.5) is 5.69 Å². The molecule has 156 valence electrons. The van der Waals surface area contributed by atoms with Crippen LogP contribution in [0.15, 0.2) is 68.1 Å². The van der Waals surface area contributed by atoms with E-state index in [4.69, 9.17) is 27.6 Å². The molecule has 0 saturated carbocycles. The van der Waals surface area contributed by atoms with Crippen LogP contribution in [0.5, 0.6) is 0 Å². The minimum absolute atomic E-state index is 0.0987. The van der Waals surface area contributed by atoms with Crippen molar-refractivity contribution in [3.8, 4) is 11.3 Å². The quantitative estimate of drug-likeness (QED) is 0.397. The summed E-state index contributed by atoms with van der Waals surface area (Å²) in [6.45, 7) is 1.71. The first kappa shape index (κ1) is 21.4. The molecule has 0 atom stereocenters. The van der Waals surface area contributed by atoms with Gasteiger partial charge in [-0.3, -0.25) is 4.79 Å². The topological polar surface area (TPSA) is 83.1 Å². The van der Waals surface area contributed by atoms with Gasteiger partial charge in [0.25, 0.3) is 5.91 Å². The maximum atomic E-state index is 12.9. The van der Waals surface area contributed by atoms with Crippen LogP contribution in [-0.4, -0.2) is 22.7 Å². The molecular formula is C22H13BrCl2N2O4. The predicted molar refractivity (Wildman–Crippen MR) is 124 cm³/mol. The molecule has 1 aliphatic rings. The lowest BCUT2D eigenvalue weighted by molar-refractivity contribution is -0.114. The summed E-state index contributed by atoms with van der Waals surface area (Å²) >= 11 is 15.4. The molecule has 31 heavy (non-hydrogen) atoms. The van der Waals surface area contributed by atoms with E-state index in [0.29, 0.717) is 48.6 Å². The zero-order chi connectivity index (χ0) is 22.3. The van der Waals surface area contributed by atoms with Crippen LogP contribution in [0, 0.1) is 0 Å². The van der Waals surface area contributed by atoms with Crippen LogP contribution in [0.25, 0.3) is 17.4 Å². The molecule has 6 nitrogen and oxygen atoms in total. The Kier molecular flexibility index (Phi) is 5.75. The number of hydrazone groups is 1. The Morgan fingerprint density at radius 3 is 2.52 bits per heavy atom. The van der Waals surface area contributed by atoms with E-state index < -0.39 is 5.97 Å². The number of nitrogens with zero attached hydrogens (tertiary/aromatic N) is 2. The maximum Gasteiger partial charge on any atom is 0.336 e. The highest BCUT2D eigenvalue weighted by molar-refractivity contribution is 9.10. The van der Waals surface area contributed by atoms with Crippen molar-refractivity contribution in [3.63, 3.8) is 0 Å². The minimum atomic E-state index is -1.07. The second-order valence-electron chi connectivity index (χ2n) is 6.69. The van der Waals surface area contributed by atoms with Crippen molar-refractivity contribution in [2.24, 2.45) is 5.10 Å². The monoisotopic (exact) mass is 518 g/mol. The molecule has 1 aliphatic heterocycles. The van der Waals surface area contributed by atoms with Gasteiger partial charge in [-0.25, -0.2) is 4.79 Å². The van der Waals surface area contributed by atoms with Crippen molar-refractivity contribution in [2.75, 3.05) is 5.01 Å². The summed E-state index contributed by atoms with van der Waals surface area (Å²) in [6, 6.07) is 13.0. The number of carboxylic acid groups (broad SMARTS) is 1. The number of furan rings is 1. The molecule has 9 heteroatoms. The molecule has 0 fully saturated rings. The molecule has 2 aromatic carbocycles. The number of carbonyl (C=O) groups is 2. The summed E-state index contributed by atoms with van der Waals surface area (Å²) in [4.78, 5) is 24.5. The second kappa shape index (κ2) is 8.34. The van der Waals surface area contributed by atoms with Crippen LogP contribution in [-0.2, 0) is 4.79 Å². The summed E-state index contributed by atoms with van der Waals surface area (Å²) in [5, 5.41) is 15.8. The molecule has 1 amide bonds. The van der Waals surface area contributed by atoms with Gasteiger partial charge in [-0.2, -0.15) is 10.1 Å². The van der Waals surface area contributed by atoms with Crippen molar-refractivity contribution < 1.29 is 19.1 Å². The predicted octanol–water partition coefficient (Wildman–Crippen LogP) is 6.52. The first-order chi connectivity index (χ1) is 14.7. The van der Waals surface area contributed by atoms with Gasteiger partial charge in [0.2, 0.25) is 0 Å². The number of halogens is 3. The Balaban J connectivity index is 1.67. The number of benzene rings is 2. The molecule has 1 aromatic heterocycles. The number of anilines is 1. The van der Waals surface area contributed by atoms with E-state index in [0.717, 1.165) is 0 Å². The number of carboxylic acids is 1. The van der Waals surface area contributed by atoms with Crippen molar-refractivity contribution >= 4 is 68.5 Å². The average molecular weight is 520 g/mol. The van der Waals surface area contributed by atoms with Crippen molar-refractivity contribution in [1.29, 1.82) is 0 Å². The van der Waals surface area contributed by atoms with Gasteiger partial charge in [-0.15, -0.1) is 0 Å². The summed E-state index contributed by atoms with van der Waals surface area (Å²) in [5.41, 5.74) is 1.81. The summed E-state index contributed by atoms with van der Waals surface area (Å²) in [5.74, 6) is -0.672. The van der Waals surface area contributed by atoms with E-state index in [1.807, 2.05) is 0 Å². The molecule has 0 bridgehead atoms. The lowest BCUT2D eigenvalue weighted by Gasteiger charge is -2.12. The molecule has 0 saturated heterocycles. The van der Waals surface area contributed by atoms with Gasteiger partial charge >= 0.3 is 5.97 Å². The number of rotatable bonds is 4. The lowest BCUT2D eigenvalue weighted by atomic mass is 10.1. The molecule has 0 aliphatic carbocycles. The standard InChI is InChI=1S/C22H13BrCl2N2O4/c1-11-18(21(28)27(26-11)15-8-13(24)7-14(25)9-15)10-16-3-5-20(31-16)17-4-2-12(23)6-19(17)22(29)30/h2-10H,1H3,(H,29,30)/b18-10-. The summed E-state index contributed by atoms with van der Waals surface area (Å²) < 4.78 is 6.46. The van der Waals surface area contributed by atoms with Gasteiger partial charge in [0, 0.05) is 20.1 Å². The highest BCUT2D eigenvalue weighted by Crippen LogP contribution is 2.32. The Labute approximate surface area is 195 Å². The number of hydrogen-bond acceptors (Lipinski definition) is 4. The third-order valence-corrected chi connectivity index (χ3v) is 5.48. The van der Waals surface area contributed by atoms with Crippen LogP contribution < -0.4 is 5.01 Å². The largest absolute Gasteiger partial charge is 0.478 e. The van der Waals surface area contributed by atoms with Crippen LogP contribution in [0.1, 0.15) is 23.0 Å². The van der Waals surface area contributed by atoms with Gasteiger partial charge in [0.1, 0.15) is 11.5 Å².